The fourth-order valence-corrected chi connectivity index (χ4v) is 2.25. The summed E-state index contributed by atoms with van der Waals surface area (Å²) in [6.45, 7) is 1.66. The lowest BCUT2D eigenvalue weighted by molar-refractivity contribution is -0.120. The van der Waals surface area contributed by atoms with Crippen LogP contribution in [0.3, 0.4) is 0 Å². The van der Waals surface area contributed by atoms with Crippen molar-refractivity contribution in [1.82, 2.24) is 16.0 Å². The molecule has 0 bridgehead atoms. The molecule has 3 N–H and O–H groups in total. The second kappa shape index (κ2) is 11.4. The van der Waals surface area contributed by atoms with Gasteiger partial charge in [-0.05, 0) is 29.8 Å². The van der Waals surface area contributed by atoms with Crippen LogP contribution < -0.4 is 25.4 Å². The highest BCUT2D eigenvalue weighted by Crippen LogP contribution is 2.10. The standard InChI is InChI=1S/C20H26N4O3/c1-21-20(22-12-13-27-18-6-4-3-5-7-18)24-15-19(25)23-14-16-8-10-17(26-2)11-9-16/h3-11H,12-15H2,1-2H3,(H,23,25)(H2,21,22,24). The van der Waals surface area contributed by atoms with Crippen molar-refractivity contribution >= 4 is 11.9 Å². The lowest BCUT2D eigenvalue weighted by atomic mass is 10.2. The minimum atomic E-state index is -0.116. The Morgan fingerprint density at radius 3 is 2.37 bits per heavy atom. The van der Waals surface area contributed by atoms with E-state index in [2.05, 4.69) is 20.9 Å². The molecule has 1 amide bonds. The number of carbonyl (C=O) groups excluding carboxylic acids is 1. The molecule has 0 radical (unpaired) electrons. The Hall–Kier alpha value is -3.22. The van der Waals surface area contributed by atoms with Gasteiger partial charge in [0.1, 0.15) is 18.1 Å². The van der Waals surface area contributed by atoms with E-state index < -0.39 is 0 Å². The van der Waals surface area contributed by atoms with E-state index >= 15 is 0 Å². The van der Waals surface area contributed by atoms with Crippen molar-refractivity contribution in [3.63, 3.8) is 0 Å². The van der Waals surface area contributed by atoms with Crippen molar-refractivity contribution in [2.75, 3.05) is 33.9 Å². The number of amides is 1. The molecule has 27 heavy (non-hydrogen) atoms. The van der Waals surface area contributed by atoms with E-state index in [4.69, 9.17) is 9.47 Å². The normalized spacial score (nSPS) is 10.8. The Kier molecular flexibility index (Phi) is 8.49. The largest absolute Gasteiger partial charge is 0.497 e. The monoisotopic (exact) mass is 370 g/mol. The molecule has 0 atom stereocenters. The van der Waals surface area contributed by atoms with Gasteiger partial charge in [0.2, 0.25) is 5.91 Å². The van der Waals surface area contributed by atoms with Crippen LogP contribution in [0.25, 0.3) is 0 Å². The predicted molar refractivity (Wildman–Crippen MR) is 106 cm³/mol. The summed E-state index contributed by atoms with van der Waals surface area (Å²) in [4.78, 5) is 16.1. The number of guanidine groups is 1. The quantitative estimate of drug-likeness (QED) is 0.354. The molecule has 2 rings (SSSR count). The number of aliphatic imine (C=N–C) groups is 1. The fraction of sp³-hybridized carbons (Fsp3) is 0.300. The molecule has 0 aliphatic carbocycles. The van der Waals surface area contributed by atoms with Crippen LogP contribution >= 0.6 is 0 Å². The molecule has 2 aromatic rings. The molecule has 0 heterocycles. The van der Waals surface area contributed by atoms with Gasteiger partial charge in [0.15, 0.2) is 5.96 Å². The zero-order valence-corrected chi connectivity index (χ0v) is 15.7. The number of benzene rings is 2. The van der Waals surface area contributed by atoms with Crippen LogP contribution in [0.1, 0.15) is 5.56 Å². The summed E-state index contributed by atoms with van der Waals surface area (Å²) in [5.74, 6) is 2.04. The van der Waals surface area contributed by atoms with Crippen molar-refractivity contribution in [3.05, 3.63) is 60.2 Å². The highest BCUT2D eigenvalue weighted by atomic mass is 16.5. The molecule has 7 heteroatoms. The van der Waals surface area contributed by atoms with Crippen molar-refractivity contribution < 1.29 is 14.3 Å². The van der Waals surface area contributed by atoms with Crippen LogP contribution in [0.2, 0.25) is 0 Å². The van der Waals surface area contributed by atoms with Gasteiger partial charge < -0.3 is 25.4 Å². The summed E-state index contributed by atoms with van der Waals surface area (Å²) in [6.07, 6.45) is 0. The van der Waals surface area contributed by atoms with Gasteiger partial charge in [0.05, 0.1) is 20.2 Å². The number of rotatable bonds is 9. The number of methoxy groups -OCH3 is 1. The van der Waals surface area contributed by atoms with Gasteiger partial charge in [-0.15, -0.1) is 0 Å². The SMILES string of the molecule is CN=C(NCCOc1ccccc1)NCC(=O)NCc1ccc(OC)cc1. The van der Waals surface area contributed by atoms with E-state index in [0.29, 0.717) is 25.7 Å². The average molecular weight is 370 g/mol. The Bertz CT molecular complexity index is 718. The minimum Gasteiger partial charge on any atom is -0.497 e. The number of hydrogen-bond donors (Lipinski definition) is 3. The smallest absolute Gasteiger partial charge is 0.239 e. The molecule has 0 aromatic heterocycles. The van der Waals surface area contributed by atoms with Gasteiger partial charge in [0, 0.05) is 13.6 Å². The Labute approximate surface area is 159 Å². The maximum absolute atomic E-state index is 12.0. The first-order valence-electron chi connectivity index (χ1n) is 8.73. The molecule has 144 valence electrons. The Morgan fingerprint density at radius 2 is 1.70 bits per heavy atom. The highest BCUT2D eigenvalue weighted by Gasteiger charge is 2.04. The molecule has 7 nitrogen and oxygen atoms in total. The van der Waals surface area contributed by atoms with Crippen molar-refractivity contribution in [2.24, 2.45) is 4.99 Å². The summed E-state index contributed by atoms with van der Waals surface area (Å²) < 4.78 is 10.7. The Balaban J connectivity index is 1.61. The molecule has 0 saturated heterocycles. The molecule has 0 aliphatic rings. The number of nitrogens with zero attached hydrogens (tertiary/aromatic N) is 1. The zero-order chi connectivity index (χ0) is 19.3. The van der Waals surface area contributed by atoms with Crippen LogP contribution in [-0.2, 0) is 11.3 Å². The third-order valence-corrected chi connectivity index (χ3v) is 3.70. The fourth-order valence-electron chi connectivity index (χ4n) is 2.25. The second-order valence-corrected chi connectivity index (χ2v) is 5.64. The first-order chi connectivity index (χ1) is 13.2. The number of nitrogens with one attached hydrogen (secondary N) is 3. The van der Waals surface area contributed by atoms with Gasteiger partial charge in [-0.25, -0.2) is 0 Å². The van der Waals surface area contributed by atoms with Gasteiger partial charge >= 0.3 is 0 Å². The molecule has 0 fully saturated rings. The number of hydrogen-bond acceptors (Lipinski definition) is 4. The second-order valence-electron chi connectivity index (χ2n) is 5.64. The van der Waals surface area contributed by atoms with Crippen LogP contribution in [0, 0.1) is 0 Å². The predicted octanol–water partition coefficient (Wildman–Crippen LogP) is 1.56. The van der Waals surface area contributed by atoms with Gasteiger partial charge in [-0.1, -0.05) is 30.3 Å². The third-order valence-electron chi connectivity index (χ3n) is 3.70. The first kappa shape index (κ1) is 20.1. The lowest BCUT2D eigenvalue weighted by Crippen LogP contribution is -2.44. The van der Waals surface area contributed by atoms with Crippen molar-refractivity contribution in [3.8, 4) is 11.5 Å². The first-order valence-corrected chi connectivity index (χ1v) is 8.73. The van der Waals surface area contributed by atoms with E-state index in [1.54, 1.807) is 14.2 Å². The van der Waals surface area contributed by atoms with Crippen molar-refractivity contribution in [2.45, 2.75) is 6.54 Å². The maximum atomic E-state index is 12.0. The van der Waals surface area contributed by atoms with E-state index in [0.717, 1.165) is 17.1 Å². The van der Waals surface area contributed by atoms with Gasteiger partial charge in [-0.2, -0.15) is 0 Å². The van der Waals surface area contributed by atoms with E-state index in [9.17, 15) is 4.79 Å². The molecular formula is C20H26N4O3. The van der Waals surface area contributed by atoms with Crippen LogP contribution in [0.5, 0.6) is 11.5 Å². The van der Waals surface area contributed by atoms with Crippen molar-refractivity contribution in [1.29, 1.82) is 0 Å². The van der Waals surface area contributed by atoms with E-state index in [1.807, 2.05) is 54.6 Å². The number of carbonyl (C=O) groups is 1. The number of ether oxygens (including phenoxy) is 2. The lowest BCUT2D eigenvalue weighted by Gasteiger charge is -2.12. The van der Waals surface area contributed by atoms with Crippen LogP contribution in [0.4, 0.5) is 0 Å². The minimum absolute atomic E-state index is 0.116. The summed E-state index contributed by atoms with van der Waals surface area (Å²) in [7, 11) is 3.28. The molecule has 0 spiro atoms. The third kappa shape index (κ3) is 7.68. The molecule has 0 aliphatic heterocycles. The Morgan fingerprint density at radius 1 is 0.963 bits per heavy atom. The van der Waals surface area contributed by atoms with E-state index in [-0.39, 0.29) is 12.5 Å². The summed E-state index contributed by atoms with van der Waals surface area (Å²) >= 11 is 0. The number of para-hydroxylation sites is 1. The summed E-state index contributed by atoms with van der Waals surface area (Å²) in [6, 6.07) is 17.2. The van der Waals surface area contributed by atoms with Gasteiger partial charge in [0.25, 0.3) is 0 Å². The van der Waals surface area contributed by atoms with E-state index in [1.165, 1.54) is 0 Å². The molecule has 2 aromatic carbocycles. The topological polar surface area (TPSA) is 84.0 Å². The summed E-state index contributed by atoms with van der Waals surface area (Å²) in [5, 5.41) is 8.93. The molecular weight excluding hydrogens is 344 g/mol. The maximum Gasteiger partial charge on any atom is 0.239 e. The summed E-state index contributed by atoms with van der Waals surface area (Å²) in [5.41, 5.74) is 1.00. The zero-order valence-electron chi connectivity index (χ0n) is 15.7. The van der Waals surface area contributed by atoms with Crippen LogP contribution in [-0.4, -0.2) is 45.7 Å². The molecule has 0 unspecified atom stereocenters. The highest BCUT2D eigenvalue weighted by molar-refractivity contribution is 5.86. The average Bonchev–Trinajstić information content (AvgIpc) is 2.72. The van der Waals surface area contributed by atoms with Crippen LogP contribution in [0.15, 0.2) is 59.6 Å². The molecule has 0 saturated carbocycles. The van der Waals surface area contributed by atoms with Gasteiger partial charge in [-0.3, -0.25) is 9.79 Å².